The standard InChI is InChI=1S/C11H17N3O2/c1-3-16-8-7-13-11(15)9-5-4-6-10(12-2)14-9/h4-6H,3,7-8H2,1-2H3,(H,12,14)(H,13,15). The van der Waals surface area contributed by atoms with Crippen molar-refractivity contribution in [3.05, 3.63) is 23.9 Å². The number of amides is 1. The Morgan fingerprint density at radius 3 is 3.00 bits per heavy atom. The van der Waals surface area contributed by atoms with Gasteiger partial charge in [0.25, 0.3) is 5.91 Å². The molecule has 0 bridgehead atoms. The van der Waals surface area contributed by atoms with Gasteiger partial charge >= 0.3 is 0 Å². The number of aromatic nitrogens is 1. The summed E-state index contributed by atoms with van der Waals surface area (Å²) in [5.74, 6) is 0.495. The van der Waals surface area contributed by atoms with E-state index in [-0.39, 0.29) is 5.91 Å². The first-order valence-corrected chi connectivity index (χ1v) is 5.28. The van der Waals surface area contributed by atoms with Crippen molar-refractivity contribution in [2.24, 2.45) is 0 Å². The predicted molar refractivity (Wildman–Crippen MR) is 62.6 cm³/mol. The van der Waals surface area contributed by atoms with E-state index in [1.165, 1.54) is 0 Å². The number of nitrogens with one attached hydrogen (secondary N) is 2. The summed E-state index contributed by atoms with van der Waals surface area (Å²) in [4.78, 5) is 15.7. The van der Waals surface area contributed by atoms with Crippen LogP contribution in [0.3, 0.4) is 0 Å². The van der Waals surface area contributed by atoms with Gasteiger partial charge < -0.3 is 15.4 Å². The maximum atomic E-state index is 11.6. The highest BCUT2D eigenvalue weighted by Gasteiger charge is 2.06. The van der Waals surface area contributed by atoms with Crippen molar-refractivity contribution >= 4 is 11.7 Å². The Kier molecular flexibility index (Phi) is 5.28. The molecule has 1 rings (SSSR count). The van der Waals surface area contributed by atoms with Crippen LogP contribution >= 0.6 is 0 Å². The molecule has 0 aliphatic heterocycles. The molecule has 1 aromatic heterocycles. The lowest BCUT2D eigenvalue weighted by atomic mass is 10.3. The lowest BCUT2D eigenvalue weighted by Gasteiger charge is -2.05. The molecule has 88 valence electrons. The topological polar surface area (TPSA) is 63.2 Å². The highest BCUT2D eigenvalue weighted by molar-refractivity contribution is 5.92. The summed E-state index contributed by atoms with van der Waals surface area (Å²) >= 11 is 0. The first-order valence-electron chi connectivity index (χ1n) is 5.28. The molecule has 0 aliphatic carbocycles. The number of hydrogen-bond donors (Lipinski definition) is 2. The van der Waals surface area contributed by atoms with E-state index in [2.05, 4.69) is 15.6 Å². The van der Waals surface area contributed by atoms with Crippen LogP contribution in [-0.4, -0.2) is 37.7 Å². The molecule has 0 spiro atoms. The molecular weight excluding hydrogens is 206 g/mol. The fourth-order valence-corrected chi connectivity index (χ4v) is 1.17. The second-order valence-electron chi connectivity index (χ2n) is 3.11. The SMILES string of the molecule is CCOCCNC(=O)c1cccc(NC)n1. The van der Waals surface area contributed by atoms with Gasteiger partial charge in [-0.3, -0.25) is 4.79 Å². The molecule has 0 atom stereocenters. The maximum Gasteiger partial charge on any atom is 0.270 e. The highest BCUT2D eigenvalue weighted by Crippen LogP contribution is 2.03. The van der Waals surface area contributed by atoms with Gasteiger partial charge in [-0.1, -0.05) is 6.07 Å². The van der Waals surface area contributed by atoms with Crippen LogP contribution in [0.25, 0.3) is 0 Å². The van der Waals surface area contributed by atoms with Gasteiger partial charge in [0.1, 0.15) is 11.5 Å². The molecule has 0 aromatic carbocycles. The predicted octanol–water partition coefficient (Wildman–Crippen LogP) is 0.890. The van der Waals surface area contributed by atoms with Crippen LogP contribution in [0.2, 0.25) is 0 Å². The lowest BCUT2D eigenvalue weighted by Crippen LogP contribution is -2.28. The van der Waals surface area contributed by atoms with Crippen molar-refractivity contribution in [1.82, 2.24) is 10.3 Å². The third-order valence-electron chi connectivity index (χ3n) is 1.97. The summed E-state index contributed by atoms with van der Waals surface area (Å²) in [6.45, 7) is 3.59. The minimum atomic E-state index is -0.184. The minimum absolute atomic E-state index is 0.184. The number of carbonyl (C=O) groups is 1. The molecular formula is C11H17N3O2. The molecule has 0 saturated heterocycles. The van der Waals surface area contributed by atoms with Crippen molar-refractivity contribution in [2.45, 2.75) is 6.92 Å². The van der Waals surface area contributed by atoms with Crippen LogP contribution in [0, 0.1) is 0 Å². The summed E-state index contributed by atoms with van der Waals surface area (Å²) < 4.78 is 5.12. The molecule has 0 unspecified atom stereocenters. The van der Waals surface area contributed by atoms with Crippen molar-refractivity contribution < 1.29 is 9.53 Å². The molecule has 0 fully saturated rings. The van der Waals surface area contributed by atoms with Crippen LogP contribution < -0.4 is 10.6 Å². The fourth-order valence-electron chi connectivity index (χ4n) is 1.17. The highest BCUT2D eigenvalue weighted by atomic mass is 16.5. The minimum Gasteiger partial charge on any atom is -0.380 e. The number of pyridine rings is 1. The normalized spacial score (nSPS) is 9.88. The van der Waals surface area contributed by atoms with E-state index in [1.807, 2.05) is 6.92 Å². The molecule has 5 nitrogen and oxygen atoms in total. The monoisotopic (exact) mass is 223 g/mol. The van der Waals surface area contributed by atoms with Crippen LogP contribution in [0.1, 0.15) is 17.4 Å². The number of anilines is 1. The maximum absolute atomic E-state index is 11.6. The summed E-state index contributed by atoms with van der Waals surface area (Å²) in [7, 11) is 1.76. The van der Waals surface area contributed by atoms with E-state index < -0.39 is 0 Å². The quantitative estimate of drug-likeness (QED) is 0.703. The van der Waals surface area contributed by atoms with Crippen LogP contribution in [0.4, 0.5) is 5.82 Å². The largest absolute Gasteiger partial charge is 0.380 e. The number of ether oxygens (including phenoxy) is 1. The molecule has 5 heteroatoms. The molecule has 1 heterocycles. The van der Waals surface area contributed by atoms with Gasteiger partial charge in [0.05, 0.1) is 6.61 Å². The third-order valence-corrected chi connectivity index (χ3v) is 1.97. The fraction of sp³-hybridized carbons (Fsp3) is 0.455. The summed E-state index contributed by atoms with van der Waals surface area (Å²) in [5, 5.41) is 5.61. The summed E-state index contributed by atoms with van der Waals surface area (Å²) in [6, 6.07) is 5.27. The first-order chi connectivity index (χ1) is 7.77. The Morgan fingerprint density at radius 2 is 2.31 bits per heavy atom. The van der Waals surface area contributed by atoms with Crippen LogP contribution in [-0.2, 0) is 4.74 Å². The Balaban J connectivity index is 2.46. The van der Waals surface area contributed by atoms with E-state index in [9.17, 15) is 4.79 Å². The Morgan fingerprint density at radius 1 is 1.50 bits per heavy atom. The first kappa shape index (κ1) is 12.4. The zero-order valence-corrected chi connectivity index (χ0v) is 9.62. The second kappa shape index (κ2) is 6.79. The second-order valence-corrected chi connectivity index (χ2v) is 3.11. The molecule has 0 radical (unpaired) electrons. The third kappa shape index (κ3) is 3.86. The van der Waals surface area contributed by atoms with Crippen molar-refractivity contribution in [1.29, 1.82) is 0 Å². The van der Waals surface area contributed by atoms with E-state index >= 15 is 0 Å². The Bertz CT molecular complexity index is 342. The molecule has 1 aromatic rings. The van der Waals surface area contributed by atoms with Gasteiger partial charge in [-0.05, 0) is 19.1 Å². The van der Waals surface area contributed by atoms with Gasteiger partial charge in [0.2, 0.25) is 0 Å². The Labute approximate surface area is 95.2 Å². The van der Waals surface area contributed by atoms with Gasteiger partial charge in [0.15, 0.2) is 0 Å². The van der Waals surface area contributed by atoms with Crippen molar-refractivity contribution in [3.63, 3.8) is 0 Å². The number of rotatable bonds is 6. The average Bonchev–Trinajstić information content (AvgIpc) is 2.34. The van der Waals surface area contributed by atoms with Crippen molar-refractivity contribution in [2.75, 3.05) is 32.1 Å². The van der Waals surface area contributed by atoms with E-state index in [0.717, 1.165) is 0 Å². The van der Waals surface area contributed by atoms with Crippen LogP contribution in [0.15, 0.2) is 18.2 Å². The van der Waals surface area contributed by atoms with E-state index in [0.29, 0.717) is 31.3 Å². The van der Waals surface area contributed by atoms with E-state index in [4.69, 9.17) is 4.74 Å². The number of carbonyl (C=O) groups excluding carboxylic acids is 1. The van der Waals surface area contributed by atoms with E-state index in [1.54, 1.807) is 25.2 Å². The van der Waals surface area contributed by atoms with Crippen LogP contribution in [0.5, 0.6) is 0 Å². The van der Waals surface area contributed by atoms with Gasteiger partial charge in [-0.25, -0.2) is 4.98 Å². The van der Waals surface area contributed by atoms with Gasteiger partial charge in [-0.15, -0.1) is 0 Å². The lowest BCUT2D eigenvalue weighted by molar-refractivity contribution is 0.0918. The zero-order chi connectivity index (χ0) is 11.8. The molecule has 0 aliphatic rings. The number of nitrogens with zero attached hydrogens (tertiary/aromatic N) is 1. The smallest absolute Gasteiger partial charge is 0.270 e. The zero-order valence-electron chi connectivity index (χ0n) is 9.62. The summed E-state index contributed by atoms with van der Waals surface area (Å²) in [5.41, 5.74) is 0.406. The molecule has 16 heavy (non-hydrogen) atoms. The average molecular weight is 223 g/mol. The molecule has 2 N–H and O–H groups in total. The molecule has 1 amide bonds. The Hall–Kier alpha value is -1.62. The number of hydrogen-bond acceptors (Lipinski definition) is 4. The van der Waals surface area contributed by atoms with Crippen molar-refractivity contribution in [3.8, 4) is 0 Å². The molecule has 0 saturated carbocycles. The van der Waals surface area contributed by atoms with Gasteiger partial charge in [-0.2, -0.15) is 0 Å². The van der Waals surface area contributed by atoms with Gasteiger partial charge in [0, 0.05) is 20.2 Å². The summed E-state index contributed by atoms with van der Waals surface area (Å²) in [6.07, 6.45) is 0.